The highest BCUT2D eigenvalue weighted by Crippen LogP contribution is 2.05. The summed E-state index contributed by atoms with van der Waals surface area (Å²) in [6, 6.07) is 8.75. The Kier molecular flexibility index (Phi) is 6.27. The number of halogens is 1. The van der Waals surface area contributed by atoms with E-state index in [-0.39, 0.29) is 12.1 Å². The average molecular weight is 348 g/mol. The number of amides is 2. The Morgan fingerprint density at radius 1 is 1.16 bits per heavy atom. The Bertz CT molecular complexity index is 745. The summed E-state index contributed by atoms with van der Waals surface area (Å²) < 4.78 is 23.4. The van der Waals surface area contributed by atoms with Crippen LogP contribution in [0.3, 0.4) is 0 Å². The first kappa shape index (κ1) is 18.2. The van der Waals surface area contributed by atoms with Crippen molar-refractivity contribution in [2.24, 2.45) is 0 Å². The predicted molar refractivity (Wildman–Crippen MR) is 84.8 cm³/mol. The first-order valence-corrected chi connectivity index (χ1v) is 7.49. The highest BCUT2D eigenvalue weighted by Gasteiger charge is 2.19. The van der Waals surface area contributed by atoms with E-state index in [1.54, 1.807) is 12.1 Å². The lowest BCUT2D eigenvalue weighted by atomic mass is 10.2. The molecule has 0 fully saturated rings. The number of carbonyl (C=O) groups is 3. The zero-order chi connectivity index (χ0) is 18.2. The highest BCUT2D eigenvalue weighted by atomic mass is 19.1. The maximum Gasteiger partial charge on any atom is 0.326 e. The molecule has 1 aromatic heterocycles. The van der Waals surface area contributed by atoms with Gasteiger partial charge in [-0.15, -0.1) is 0 Å². The summed E-state index contributed by atoms with van der Waals surface area (Å²) in [6.45, 7) is 1.08. The lowest BCUT2D eigenvalue weighted by Crippen LogP contribution is -2.38. The first-order chi connectivity index (χ1) is 12.0. The summed E-state index contributed by atoms with van der Waals surface area (Å²) in [7, 11) is 0. The van der Waals surface area contributed by atoms with Gasteiger partial charge in [0.15, 0.2) is 6.10 Å². The minimum Gasteiger partial charge on any atom is -0.467 e. The van der Waals surface area contributed by atoms with Gasteiger partial charge in [0.2, 0.25) is 0 Å². The maximum atomic E-state index is 13.4. The summed E-state index contributed by atoms with van der Waals surface area (Å²) in [5, 5.41) is 4.78. The van der Waals surface area contributed by atoms with E-state index in [2.05, 4.69) is 10.6 Å². The van der Waals surface area contributed by atoms with Crippen LogP contribution >= 0.6 is 0 Å². The molecule has 7 nitrogen and oxygen atoms in total. The fourth-order valence-electron chi connectivity index (χ4n) is 1.92. The second-order valence-electron chi connectivity index (χ2n) is 5.09. The number of benzene rings is 1. The van der Waals surface area contributed by atoms with Crippen LogP contribution in [0.1, 0.15) is 23.0 Å². The quantitative estimate of drug-likeness (QED) is 0.737. The monoisotopic (exact) mass is 348 g/mol. The smallest absolute Gasteiger partial charge is 0.326 e. The van der Waals surface area contributed by atoms with Crippen molar-refractivity contribution in [1.29, 1.82) is 0 Å². The SMILES string of the molecule is C[C@H](OC(=O)CNC(=O)c1ccccc1F)C(=O)NCc1ccco1. The zero-order valence-corrected chi connectivity index (χ0v) is 13.5. The van der Waals surface area contributed by atoms with Gasteiger partial charge >= 0.3 is 5.97 Å². The molecule has 1 heterocycles. The van der Waals surface area contributed by atoms with Crippen LogP contribution in [0.25, 0.3) is 0 Å². The minimum absolute atomic E-state index is 0.164. The Morgan fingerprint density at radius 2 is 1.92 bits per heavy atom. The first-order valence-electron chi connectivity index (χ1n) is 7.49. The van der Waals surface area contributed by atoms with E-state index in [4.69, 9.17) is 9.15 Å². The summed E-state index contributed by atoms with van der Waals surface area (Å²) in [4.78, 5) is 35.3. The lowest BCUT2D eigenvalue weighted by Gasteiger charge is -2.13. The van der Waals surface area contributed by atoms with E-state index in [9.17, 15) is 18.8 Å². The topological polar surface area (TPSA) is 97.6 Å². The molecule has 0 aliphatic heterocycles. The van der Waals surface area contributed by atoms with Gasteiger partial charge in [-0.3, -0.25) is 14.4 Å². The Labute approximate surface area is 143 Å². The van der Waals surface area contributed by atoms with Gasteiger partial charge in [0.25, 0.3) is 11.8 Å². The number of nitrogens with one attached hydrogen (secondary N) is 2. The number of rotatable bonds is 7. The van der Waals surface area contributed by atoms with Crippen molar-refractivity contribution in [3.05, 3.63) is 59.8 Å². The minimum atomic E-state index is -1.05. The number of ether oxygens (including phenoxy) is 1. The van der Waals surface area contributed by atoms with Crippen LogP contribution in [0.2, 0.25) is 0 Å². The van der Waals surface area contributed by atoms with Gasteiger partial charge in [0.1, 0.15) is 18.1 Å². The molecule has 1 aromatic carbocycles. The van der Waals surface area contributed by atoms with Crippen LogP contribution in [0.4, 0.5) is 4.39 Å². The molecule has 0 radical (unpaired) electrons. The average Bonchev–Trinajstić information content (AvgIpc) is 3.11. The fraction of sp³-hybridized carbons (Fsp3) is 0.235. The van der Waals surface area contributed by atoms with E-state index in [1.807, 2.05) is 0 Å². The molecule has 0 spiro atoms. The summed E-state index contributed by atoms with van der Waals surface area (Å²) in [6.07, 6.45) is 0.427. The van der Waals surface area contributed by atoms with Crippen LogP contribution in [0.5, 0.6) is 0 Å². The molecule has 0 saturated heterocycles. The number of carbonyl (C=O) groups excluding carboxylic acids is 3. The van der Waals surface area contributed by atoms with Crippen molar-refractivity contribution in [2.75, 3.05) is 6.54 Å². The molecule has 2 aromatic rings. The molecule has 0 aliphatic rings. The van der Waals surface area contributed by atoms with Crippen molar-refractivity contribution in [1.82, 2.24) is 10.6 Å². The molecule has 0 saturated carbocycles. The molecule has 132 valence electrons. The van der Waals surface area contributed by atoms with Gasteiger partial charge in [-0.1, -0.05) is 12.1 Å². The third kappa shape index (κ3) is 5.45. The van der Waals surface area contributed by atoms with Crippen molar-refractivity contribution in [2.45, 2.75) is 19.6 Å². The van der Waals surface area contributed by atoms with Crippen LogP contribution in [-0.4, -0.2) is 30.4 Å². The largest absolute Gasteiger partial charge is 0.467 e. The third-order valence-corrected chi connectivity index (χ3v) is 3.21. The fourth-order valence-corrected chi connectivity index (χ4v) is 1.92. The molecule has 25 heavy (non-hydrogen) atoms. The molecule has 8 heteroatoms. The van der Waals surface area contributed by atoms with Gasteiger partial charge in [-0.05, 0) is 31.2 Å². The number of esters is 1. The Morgan fingerprint density at radius 3 is 2.60 bits per heavy atom. The molecular formula is C17H17FN2O5. The summed E-state index contributed by atoms with van der Waals surface area (Å²) in [5.41, 5.74) is -0.181. The van der Waals surface area contributed by atoms with Crippen molar-refractivity contribution >= 4 is 17.8 Å². The van der Waals surface area contributed by atoms with Crippen molar-refractivity contribution in [3.63, 3.8) is 0 Å². The Balaban J connectivity index is 1.74. The molecule has 0 bridgehead atoms. The van der Waals surface area contributed by atoms with Crippen LogP contribution < -0.4 is 10.6 Å². The molecular weight excluding hydrogens is 331 g/mol. The van der Waals surface area contributed by atoms with E-state index >= 15 is 0 Å². The maximum absolute atomic E-state index is 13.4. The third-order valence-electron chi connectivity index (χ3n) is 3.21. The van der Waals surface area contributed by atoms with E-state index in [1.165, 1.54) is 31.4 Å². The lowest BCUT2D eigenvalue weighted by molar-refractivity contribution is -0.153. The van der Waals surface area contributed by atoms with Gasteiger partial charge < -0.3 is 19.8 Å². The van der Waals surface area contributed by atoms with Crippen LogP contribution in [-0.2, 0) is 20.9 Å². The summed E-state index contributed by atoms with van der Waals surface area (Å²) >= 11 is 0. The predicted octanol–water partition coefficient (Wildman–Crippen LogP) is 1.40. The molecule has 0 aliphatic carbocycles. The highest BCUT2D eigenvalue weighted by molar-refractivity contribution is 5.96. The van der Waals surface area contributed by atoms with E-state index < -0.39 is 36.2 Å². The van der Waals surface area contributed by atoms with Gasteiger partial charge in [0.05, 0.1) is 18.4 Å². The van der Waals surface area contributed by atoms with Gasteiger partial charge in [0, 0.05) is 0 Å². The van der Waals surface area contributed by atoms with E-state index in [0.29, 0.717) is 5.76 Å². The number of furan rings is 1. The van der Waals surface area contributed by atoms with Crippen molar-refractivity contribution < 1.29 is 27.9 Å². The summed E-state index contributed by atoms with van der Waals surface area (Å²) in [5.74, 6) is -2.21. The van der Waals surface area contributed by atoms with E-state index in [0.717, 1.165) is 6.07 Å². The second-order valence-corrected chi connectivity index (χ2v) is 5.09. The molecule has 2 amide bonds. The standard InChI is InChI=1S/C17H17FN2O5/c1-11(16(22)19-9-12-5-4-8-24-12)25-15(21)10-20-17(23)13-6-2-3-7-14(13)18/h2-8,11H,9-10H2,1H3,(H,19,22)(H,20,23)/t11-/m0/s1. The molecule has 2 N–H and O–H groups in total. The van der Waals surface area contributed by atoms with Crippen molar-refractivity contribution in [3.8, 4) is 0 Å². The van der Waals surface area contributed by atoms with Gasteiger partial charge in [-0.25, -0.2) is 4.39 Å². The molecule has 0 unspecified atom stereocenters. The van der Waals surface area contributed by atoms with Gasteiger partial charge in [-0.2, -0.15) is 0 Å². The number of hydrogen-bond donors (Lipinski definition) is 2. The normalized spacial score (nSPS) is 11.4. The zero-order valence-electron chi connectivity index (χ0n) is 13.5. The molecule has 1 atom stereocenters. The number of hydrogen-bond acceptors (Lipinski definition) is 5. The second kappa shape index (κ2) is 8.62. The Hall–Kier alpha value is -3.16. The molecule has 2 rings (SSSR count). The van der Waals surface area contributed by atoms with Crippen LogP contribution in [0.15, 0.2) is 47.1 Å². The van der Waals surface area contributed by atoms with Crippen LogP contribution in [0, 0.1) is 5.82 Å².